The van der Waals surface area contributed by atoms with Crippen LogP contribution < -0.4 is 0 Å². The summed E-state index contributed by atoms with van der Waals surface area (Å²) in [4.78, 5) is 0. The first-order chi connectivity index (χ1) is 4.66. The summed E-state index contributed by atoms with van der Waals surface area (Å²) in [6.07, 6.45) is -2.26. The summed E-state index contributed by atoms with van der Waals surface area (Å²) < 4.78 is 4.42. The van der Waals surface area contributed by atoms with Crippen LogP contribution in [0.3, 0.4) is 0 Å². The number of aliphatic hydroxyl groups excluding tert-OH is 4. The zero-order chi connectivity index (χ0) is 7.72. The van der Waals surface area contributed by atoms with Crippen molar-refractivity contribution in [3.63, 3.8) is 0 Å². The summed E-state index contributed by atoms with van der Waals surface area (Å²) in [6, 6.07) is 0. The van der Waals surface area contributed by atoms with Crippen LogP contribution in [0.1, 0.15) is 0 Å². The maximum Gasteiger partial charge on any atom is 0.319 e. The smallest absolute Gasteiger partial charge is 0.319 e. The summed E-state index contributed by atoms with van der Waals surface area (Å²) in [7, 11) is 0. The molecule has 10 heavy (non-hydrogen) atoms. The van der Waals surface area contributed by atoms with Gasteiger partial charge in [0.25, 0.3) is 0 Å². The molecule has 1 aliphatic heterocycles. The molecule has 58 valence electrons. The molecule has 0 unspecified atom stereocenters. The largest absolute Gasteiger partial charge is 0.504 e. The van der Waals surface area contributed by atoms with Crippen LogP contribution in [0.2, 0.25) is 0 Å². The predicted molar refractivity (Wildman–Crippen MR) is 30.2 cm³/mol. The molecule has 0 aromatic rings. The van der Waals surface area contributed by atoms with Gasteiger partial charge in [0.1, 0.15) is 0 Å². The molecule has 0 aromatic heterocycles. The molecule has 0 amide bonds. The van der Waals surface area contributed by atoms with Gasteiger partial charge in [-0.25, -0.2) is 0 Å². The lowest BCUT2D eigenvalue weighted by Gasteiger charge is -2.09. The van der Waals surface area contributed by atoms with E-state index in [1.54, 1.807) is 0 Å². The maximum absolute atomic E-state index is 8.88. The van der Waals surface area contributed by atoms with E-state index in [2.05, 4.69) is 4.74 Å². The third kappa shape index (κ3) is 0.891. The van der Waals surface area contributed by atoms with Crippen LogP contribution in [0.4, 0.5) is 0 Å². The fourth-order valence-electron chi connectivity index (χ4n) is 0.708. The van der Waals surface area contributed by atoms with Gasteiger partial charge in [0, 0.05) is 0 Å². The summed E-state index contributed by atoms with van der Waals surface area (Å²) >= 11 is 0. The van der Waals surface area contributed by atoms with E-state index < -0.39 is 30.5 Å². The molecule has 0 bridgehead atoms. The quantitative estimate of drug-likeness (QED) is 0.384. The molecular weight excluding hydrogens is 140 g/mol. The second-order valence-corrected chi connectivity index (χ2v) is 1.97. The highest BCUT2D eigenvalue weighted by atomic mass is 16.6. The van der Waals surface area contributed by atoms with Crippen molar-refractivity contribution in [2.45, 2.75) is 12.2 Å². The van der Waals surface area contributed by atoms with E-state index >= 15 is 0 Å². The van der Waals surface area contributed by atoms with Gasteiger partial charge >= 0.3 is 5.95 Å². The van der Waals surface area contributed by atoms with Crippen LogP contribution >= 0.6 is 0 Å². The Morgan fingerprint density at radius 2 is 2.00 bits per heavy atom. The molecule has 0 spiro atoms. The normalized spacial score (nSPS) is 32.6. The molecule has 1 rings (SSSR count). The Hall–Kier alpha value is -0.940. The predicted octanol–water partition coefficient (Wildman–Crippen LogP) is -0.977. The standard InChI is InChI=1S/C5H8O5/c6-1-2-3(7)4(8)5(9)10-2/h2-3,6-9H,1H2/t2-,3+/m0/s1. The lowest BCUT2D eigenvalue weighted by molar-refractivity contribution is -0.0223. The molecule has 4 N–H and O–H groups in total. The maximum atomic E-state index is 8.88. The Kier molecular flexibility index (Phi) is 1.69. The van der Waals surface area contributed by atoms with Gasteiger partial charge in [0.2, 0.25) is 5.76 Å². The fourth-order valence-corrected chi connectivity index (χ4v) is 0.708. The molecule has 0 radical (unpaired) electrons. The molecular formula is C5H8O5. The van der Waals surface area contributed by atoms with Crippen molar-refractivity contribution in [3.05, 3.63) is 11.7 Å². The minimum atomic E-state index is -1.31. The van der Waals surface area contributed by atoms with Crippen LogP contribution in [0.15, 0.2) is 11.7 Å². The Bertz CT molecular complexity index is 163. The Morgan fingerprint density at radius 1 is 1.40 bits per heavy atom. The van der Waals surface area contributed by atoms with E-state index in [-0.39, 0.29) is 0 Å². The lowest BCUT2D eigenvalue weighted by Crippen LogP contribution is -2.27. The minimum Gasteiger partial charge on any atom is -0.504 e. The van der Waals surface area contributed by atoms with Crippen LogP contribution in [-0.2, 0) is 4.74 Å². The molecule has 0 aliphatic carbocycles. The van der Waals surface area contributed by atoms with Crippen LogP contribution in [0.5, 0.6) is 0 Å². The first-order valence-corrected chi connectivity index (χ1v) is 2.74. The minimum absolute atomic E-state index is 0.449. The topological polar surface area (TPSA) is 90.2 Å². The fraction of sp³-hybridized carbons (Fsp3) is 0.600. The van der Waals surface area contributed by atoms with Gasteiger partial charge in [-0.05, 0) is 0 Å². The van der Waals surface area contributed by atoms with Crippen molar-refractivity contribution in [1.82, 2.24) is 0 Å². The van der Waals surface area contributed by atoms with Crippen molar-refractivity contribution in [3.8, 4) is 0 Å². The van der Waals surface area contributed by atoms with Gasteiger partial charge in [-0.15, -0.1) is 0 Å². The van der Waals surface area contributed by atoms with Crippen molar-refractivity contribution >= 4 is 0 Å². The number of rotatable bonds is 1. The lowest BCUT2D eigenvalue weighted by atomic mass is 10.2. The molecule has 1 aliphatic rings. The summed E-state index contributed by atoms with van der Waals surface area (Å²) in [5.41, 5.74) is 0. The summed E-state index contributed by atoms with van der Waals surface area (Å²) in [6.45, 7) is -0.449. The van der Waals surface area contributed by atoms with Gasteiger partial charge in [-0.3, -0.25) is 0 Å². The van der Waals surface area contributed by atoms with Crippen molar-refractivity contribution in [2.75, 3.05) is 6.61 Å². The van der Waals surface area contributed by atoms with Crippen LogP contribution in [-0.4, -0.2) is 39.2 Å². The van der Waals surface area contributed by atoms with E-state index in [0.29, 0.717) is 0 Å². The van der Waals surface area contributed by atoms with Gasteiger partial charge < -0.3 is 25.2 Å². The second kappa shape index (κ2) is 2.36. The molecule has 2 atom stereocenters. The van der Waals surface area contributed by atoms with Gasteiger partial charge in [0.05, 0.1) is 6.61 Å². The van der Waals surface area contributed by atoms with E-state index in [4.69, 9.17) is 20.4 Å². The highest BCUT2D eigenvalue weighted by Crippen LogP contribution is 2.20. The van der Waals surface area contributed by atoms with Gasteiger partial charge in [-0.2, -0.15) is 0 Å². The third-order valence-electron chi connectivity index (χ3n) is 1.29. The van der Waals surface area contributed by atoms with Crippen LogP contribution in [0.25, 0.3) is 0 Å². The molecule has 0 saturated carbocycles. The van der Waals surface area contributed by atoms with E-state index in [1.807, 2.05) is 0 Å². The monoisotopic (exact) mass is 148 g/mol. The molecule has 1 heterocycles. The van der Waals surface area contributed by atoms with E-state index in [0.717, 1.165) is 0 Å². The molecule has 5 heteroatoms. The number of hydrogen-bond donors (Lipinski definition) is 4. The molecule has 0 saturated heterocycles. The number of hydrogen-bond acceptors (Lipinski definition) is 5. The van der Waals surface area contributed by atoms with Gasteiger partial charge in [0.15, 0.2) is 12.2 Å². The van der Waals surface area contributed by atoms with Gasteiger partial charge in [-0.1, -0.05) is 0 Å². The SMILES string of the molecule is OC[C@@H]1OC(O)=C(O)[C@@H]1O. The summed E-state index contributed by atoms with van der Waals surface area (Å²) in [5, 5.41) is 34.6. The Labute approximate surface area is 56.8 Å². The zero-order valence-corrected chi connectivity index (χ0v) is 5.06. The molecule has 5 nitrogen and oxygen atoms in total. The van der Waals surface area contributed by atoms with Crippen molar-refractivity contribution in [2.24, 2.45) is 0 Å². The highest BCUT2D eigenvalue weighted by molar-refractivity contribution is 5.07. The number of ether oxygens (including phenoxy) is 1. The Balaban J connectivity index is 2.67. The Morgan fingerprint density at radius 3 is 2.20 bits per heavy atom. The van der Waals surface area contributed by atoms with E-state index in [1.165, 1.54) is 0 Å². The van der Waals surface area contributed by atoms with Crippen LogP contribution in [0, 0.1) is 0 Å². The second-order valence-electron chi connectivity index (χ2n) is 1.97. The highest BCUT2D eigenvalue weighted by Gasteiger charge is 2.35. The average molecular weight is 148 g/mol. The zero-order valence-electron chi connectivity index (χ0n) is 5.06. The number of aliphatic hydroxyl groups is 4. The average Bonchev–Trinajstić information content (AvgIpc) is 2.17. The first-order valence-electron chi connectivity index (χ1n) is 2.74. The molecule has 0 fully saturated rings. The van der Waals surface area contributed by atoms with Crippen molar-refractivity contribution < 1.29 is 25.2 Å². The first kappa shape index (κ1) is 7.17. The molecule has 0 aromatic carbocycles. The summed E-state index contributed by atoms with van der Waals surface area (Å²) in [5.74, 6) is -1.34. The third-order valence-corrected chi connectivity index (χ3v) is 1.29. The van der Waals surface area contributed by atoms with Crippen molar-refractivity contribution in [1.29, 1.82) is 0 Å². The van der Waals surface area contributed by atoms with E-state index in [9.17, 15) is 0 Å².